The minimum absolute atomic E-state index is 0.181. The second kappa shape index (κ2) is 4.88. The van der Waals surface area contributed by atoms with Gasteiger partial charge in [0.2, 0.25) is 0 Å². The summed E-state index contributed by atoms with van der Waals surface area (Å²) >= 11 is 0. The number of benzene rings is 2. The molecule has 1 heterocycles. The van der Waals surface area contributed by atoms with Crippen molar-refractivity contribution in [2.24, 2.45) is 0 Å². The zero-order chi connectivity index (χ0) is 13.2. The molecule has 0 aromatic heterocycles. The SMILES string of the molecule is CCc1ccccc1N1C(F)=CCc2ccccc21. The van der Waals surface area contributed by atoms with Crippen LogP contribution in [0.5, 0.6) is 0 Å². The van der Waals surface area contributed by atoms with Crippen LogP contribution in [-0.4, -0.2) is 0 Å². The van der Waals surface area contributed by atoms with E-state index in [4.69, 9.17) is 0 Å². The molecule has 0 aliphatic carbocycles. The van der Waals surface area contributed by atoms with Crippen molar-refractivity contribution in [3.63, 3.8) is 0 Å². The molecule has 1 aliphatic heterocycles. The van der Waals surface area contributed by atoms with Gasteiger partial charge in [-0.25, -0.2) is 0 Å². The molecule has 0 fully saturated rings. The number of allylic oxidation sites excluding steroid dienone is 1. The van der Waals surface area contributed by atoms with Crippen molar-refractivity contribution >= 4 is 11.4 Å². The average molecular weight is 253 g/mol. The fourth-order valence-corrected chi connectivity index (χ4v) is 2.57. The van der Waals surface area contributed by atoms with Gasteiger partial charge >= 0.3 is 0 Å². The Hall–Kier alpha value is -2.09. The normalized spacial score (nSPS) is 14.0. The molecule has 0 atom stereocenters. The number of rotatable bonds is 2. The molecule has 0 unspecified atom stereocenters. The summed E-state index contributed by atoms with van der Waals surface area (Å²) in [6.07, 6.45) is 3.20. The van der Waals surface area contributed by atoms with Crippen LogP contribution in [0.2, 0.25) is 0 Å². The lowest BCUT2D eigenvalue weighted by Gasteiger charge is -2.30. The Balaban J connectivity index is 2.17. The molecule has 96 valence electrons. The number of fused-ring (bicyclic) bond motifs is 1. The van der Waals surface area contributed by atoms with Gasteiger partial charge in [-0.15, -0.1) is 0 Å². The quantitative estimate of drug-likeness (QED) is 0.698. The molecular weight excluding hydrogens is 237 g/mol. The van der Waals surface area contributed by atoms with Crippen molar-refractivity contribution < 1.29 is 4.39 Å². The first kappa shape index (κ1) is 12.0. The van der Waals surface area contributed by atoms with Crippen molar-refractivity contribution in [3.8, 4) is 0 Å². The van der Waals surface area contributed by atoms with E-state index in [0.29, 0.717) is 6.42 Å². The van der Waals surface area contributed by atoms with Gasteiger partial charge in [-0.2, -0.15) is 4.39 Å². The van der Waals surface area contributed by atoms with Gasteiger partial charge < -0.3 is 0 Å². The second-order valence-electron chi connectivity index (χ2n) is 4.68. The predicted molar refractivity (Wildman–Crippen MR) is 77.3 cm³/mol. The van der Waals surface area contributed by atoms with Crippen LogP contribution in [0.25, 0.3) is 0 Å². The molecule has 0 N–H and O–H groups in total. The molecule has 19 heavy (non-hydrogen) atoms. The highest BCUT2D eigenvalue weighted by atomic mass is 19.1. The van der Waals surface area contributed by atoms with Gasteiger partial charge in [0.25, 0.3) is 0 Å². The topological polar surface area (TPSA) is 3.24 Å². The van der Waals surface area contributed by atoms with Gasteiger partial charge in [0.15, 0.2) is 5.95 Å². The molecule has 0 amide bonds. The maximum absolute atomic E-state index is 14.3. The van der Waals surface area contributed by atoms with Crippen LogP contribution < -0.4 is 4.90 Å². The summed E-state index contributed by atoms with van der Waals surface area (Å²) in [5, 5.41) is 0. The van der Waals surface area contributed by atoms with Crippen LogP contribution in [0.15, 0.2) is 60.6 Å². The van der Waals surface area contributed by atoms with Crippen LogP contribution in [0.3, 0.4) is 0 Å². The van der Waals surface area contributed by atoms with E-state index in [1.807, 2.05) is 36.4 Å². The van der Waals surface area contributed by atoms with Crippen molar-refractivity contribution in [2.75, 3.05) is 4.90 Å². The Morgan fingerprint density at radius 3 is 2.47 bits per heavy atom. The minimum atomic E-state index is -0.181. The van der Waals surface area contributed by atoms with Crippen LogP contribution in [0.1, 0.15) is 18.1 Å². The molecule has 3 rings (SSSR count). The maximum atomic E-state index is 14.3. The highest BCUT2D eigenvalue weighted by Gasteiger charge is 2.22. The Labute approximate surface area is 113 Å². The Morgan fingerprint density at radius 1 is 1.00 bits per heavy atom. The van der Waals surface area contributed by atoms with E-state index in [0.717, 1.165) is 28.9 Å². The number of halogens is 1. The van der Waals surface area contributed by atoms with E-state index in [-0.39, 0.29) is 5.95 Å². The molecule has 0 bridgehead atoms. The maximum Gasteiger partial charge on any atom is 0.194 e. The van der Waals surface area contributed by atoms with Gasteiger partial charge in [0, 0.05) is 0 Å². The third-order valence-corrected chi connectivity index (χ3v) is 3.55. The standard InChI is InChI=1S/C17H16FN/c1-2-13-7-3-5-9-15(13)19-16-10-6-4-8-14(16)11-12-17(19)18/h3-10,12H,2,11H2,1H3. The van der Waals surface area contributed by atoms with Crippen molar-refractivity contribution in [2.45, 2.75) is 19.8 Å². The van der Waals surface area contributed by atoms with Crippen LogP contribution in [-0.2, 0) is 12.8 Å². The monoisotopic (exact) mass is 253 g/mol. The predicted octanol–water partition coefficient (Wildman–Crippen LogP) is 4.75. The lowest BCUT2D eigenvalue weighted by Crippen LogP contribution is -2.20. The van der Waals surface area contributed by atoms with Crippen molar-refractivity contribution in [1.29, 1.82) is 0 Å². The third kappa shape index (κ3) is 2.03. The Morgan fingerprint density at radius 2 is 1.68 bits per heavy atom. The largest absolute Gasteiger partial charge is 0.287 e. The van der Waals surface area contributed by atoms with E-state index < -0.39 is 0 Å². The summed E-state index contributed by atoms with van der Waals surface area (Å²) in [6, 6.07) is 16.0. The fourth-order valence-electron chi connectivity index (χ4n) is 2.57. The zero-order valence-corrected chi connectivity index (χ0v) is 10.9. The van der Waals surface area contributed by atoms with E-state index in [9.17, 15) is 4.39 Å². The summed E-state index contributed by atoms with van der Waals surface area (Å²) in [5.41, 5.74) is 4.20. The van der Waals surface area contributed by atoms with Gasteiger partial charge in [0.05, 0.1) is 11.4 Å². The summed E-state index contributed by atoms with van der Waals surface area (Å²) in [6.45, 7) is 2.09. The number of para-hydroxylation sites is 2. The smallest absolute Gasteiger partial charge is 0.194 e. The summed E-state index contributed by atoms with van der Waals surface area (Å²) < 4.78 is 14.3. The van der Waals surface area contributed by atoms with Gasteiger partial charge in [-0.3, -0.25) is 4.90 Å². The summed E-state index contributed by atoms with van der Waals surface area (Å²) in [5.74, 6) is -0.181. The molecule has 0 saturated carbocycles. The summed E-state index contributed by atoms with van der Waals surface area (Å²) in [4.78, 5) is 1.72. The molecule has 2 heteroatoms. The number of anilines is 2. The van der Waals surface area contributed by atoms with E-state index in [1.54, 1.807) is 11.0 Å². The second-order valence-corrected chi connectivity index (χ2v) is 4.68. The van der Waals surface area contributed by atoms with Crippen LogP contribution in [0, 0.1) is 0 Å². The van der Waals surface area contributed by atoms with E-state index in [1.165, 1.54) is 0 Å². The van der Waals surface area contributed by atoms with E-state index >= 15 is 0 Å². The zero-order valence-electron chi connectivity index (χ0n) is 10.9. The van der Waals surface area contributed by atoms with Gasteiger partial charge in [0.1, 0.15) is 0 Å². The highest BCUT2D eigenvalue weighted by Crippen LogP contribution is 2.38. The van der Waals surface area contributed by atoms with Crippen LogP contribution >= 0.6 is 0 Å². The first-order valence-corrected chi connectivity index (χ1v) is 6.63. The van der Waals surface area contributed by atoms with E-state index in [2.05, 4.69) is 19.1 Å². The summed E-state index contributed by atoms with van der Waals surface area (Å²) in [7, 11) is 0. The first-order chi connectivity index (χ1) is 9.31. The molecule has 1 nitrogen and oxygen atoms in total. The lowest BCUT2D eigenvalue weighted by molar-refractivity contribution is 0.606. The molecule has 2 aromatic carbocycles. The molecule has 1 aliphatic rings. The van der Waals surface area contributed by atoms with Crippen LogP contribution in [0.4, 0.5) is 15.8 Å². The number of nitrogens with zero attached hydrogens (tertiary/aromatic N) is 1. The number of aryl methyl sites for hydroxylation is 1. The highest BCUT2D eigenvalue weighted by molar-refractivity contribution is 5.74. The molecule has 2 aromatic rings. The lowest BCUT2D eigenvalue weighted by atomic mass is 10.0. The third-order valence-electron chi connectivity index (χ3n) is 3.55. The number of hydrogen-bond donors (Lipinski definition) is 0. The molecule has 0 spiro atoms. The Bertz CT molecular complexity index is 631. The average Bonchev–Trinajstić information content (AvgIpc) is 2.47. The number of hydrogen-bond acceptors (Lipinski definition) is 1. The minimum Gasteiger partial charge on any atom is -0.287 e. The molecule has 0 radical (unpaired) electrons. The van der Waals surface area contributed by atoms with Crippen molar-refractivity contribution in [1.82, 2.24) is 0 Å². The molecule has 0 saturated heterocycles. The Kier molecular flexibility index (Phi) is 3.08. The fraction of sp³-hybridized carbons (Fsp3) is 0.176. The van der Waals surface area contributed by atoms with Gasteiger partial charge in [-0.05, 0) is 42.2 Å². The molecular formula is C17H16FN. The first-order valence-electron chi connectivity index (χ1n) is 6.63. The van der Waals surface area contributed by atoms with Crippen molar-refractivity contribution in [3.05, 3.63) is 71.7 Å². The van der Waals surface area contributed by atoms with Gasteiger partial charge in [-0.1, -0.05) is 43.3 Å².